The standard InChI is InChI=1S/C17H28O3/c1-12(2)15-11-14(17(4,19-5)20-6)9-7-8-13(3)10-16(15)18/h10,14H,7-9,11H2,1-6H3/b13-10-. The number of rotatable bonds is 3. The number of carbonyl (C=O) groups excluding carboxylic acids is 1. The smallest absolute Gasteiger partial charge is 0.181 e. The Morgan fingerprint density at radius 2 is 1.90 bits per heavy atom. The number of hydrogen-bond acceptors (Lipinski definition) is 3. The Balaban J connectivity index is 3.14. The third kappa shape index (κ3) is 4.03. The molecule has 0 saturated heterocycles. The van der Waals surface area contributed by atoms with Crippen LogP contribution in [0.15, 0.2) is 22.8 Å². The number of ketones is 1. The molecule has 0 radical (unpaired) electrons. The zero-order chi connectivity index (χ0) is 15.3. The first-order chi connectivity index (χ1) is 9.34. The van der Waals surface area contributed by atoms with Gasteiger partial charge in [0, 0.05) is 20.1 Å². The predicted octanol–water partition coefficient (Wildman–Crippen LogP) is 4.04. The molecule has 20 heavy (non-hydrogen) atoms. The molecule has 0 heterocycles. The highest BCUT2D eigenvalue weighted by atomic mass is 16.7. The minimum absolute atomic E-state index is 0.143. The van der Waals surface area contributed by atoms with Crippen LogP contribution in [0, 0.1) is 5.92 Å². The highest BCUT2D eigenvalue weighted by molar-refractivity contribution is 6.04. The number of methoxy groups -OCH3 is 2. The van der Waals surface area contributed by atoms with E-state index in [9.17, 15) is 4.79 Å². The van der Waals surface area contributed by atoms with Gasteiger partial charge in [-0.15, -0.1) is 0 Å². The molecule has 1 unspecified atom stereocenters. The van der Waals surface area contributed by atoms with Gasteiger partial charge >= 0.3 is 0 Å². The van der Waals surface area contributed by atoms with Gasteiger partial charge in [0.2, 0.25) is 0 Å². The molecule has 1 aliphatic carbocycles. The summed E-state index contributed by atoms with van der Waals surface area (Å²) < 4.78 is 11.2. The minimum atomic E-state index is -0.640. The Bertz CT molecular complexity index is 410. The van der Waals surface area contributed by atoms with Crippen molar-refractivity contribution in [1.82, 2.24) is 0 Å². The van der Waals surface area contributed by atoms with Crippen LogP contribution in [0.25, 0.3) is 0 Å². The van der Waals surface area contributed by atoms with Gasteiger partial charge in [-0.05, 0) is 65.0 Å². The summed E-state index contributed by atoms with van der Waals surface area (Å²) >= 11 is 0. The molecule has 0 aromatic rings. The molecule has 1 rings (SSSR count). The van der Waals surface area contributed by atoms with Crippen LogP contribution in [0.2, 0.25) is 0 Å². The Morgan fingerprint density at radius 1 is 1.30 bits per heavy atom. The van der Waals surface area contributed by atoms with Crippen LogP contribution < -0.4 is 0 Å². The highest BCUT2D eigenvalue weighted by Crippen LogP contribution is 2.35. The molecule has 3 nitrogen and oxygen atoms in total. The van der Waals surface area contributed by atoms with Crippen molar-refractivity contribution in [3.8, 4) is 0 Å². The first-order valence-electron chi connectivity index (χ1n) is 7.32. The van der Waals surface area contributed by atoms with Crippen LogP contribution >= 0.6 is 0 Å². The molecule has 3 heteroatoms. The Morgan fingerprint density at radius 3 is 2.40 bits per heavy atom. The van der Waals surface area contributed by atoms with Crippen molar-refractivity contribution in [2.24, 2.45) is 5.92 Å². The van der Waals surface area contributed by atoms with E-state index >= 15 is 0 Å². The van der Waals surface area contributed by atoms with Crippen molar-refractivity contribution >= 4 is 5.78 Å². The second-order valence-electron chi connectivity index (χ2n) is 6.05. The fourth-order valence-corrected chi connectivity index (χ4v) is 2.77. The summed E-state index contributed by atoms with van der Waals surface area (Å²) in [6.07, 6.45) is 5.51. The summed E-state index contributed by atoms with van der Waals surface area (Å²) in [5.41, 5.74) is 3.14. The van der Waals surface area contributed by atoms with Crippen molar-refractivity contribution in [2.75, 3.05) is 14.2 Å². The lowest BCUT2D eigenvalue weighted by Gasteiger charge is -2.35. The highest BCUT2D eigenvalue weighted by Gasteiger charge is 2.35. The maximum atomic E-state index is 12.4. The molecule has 0 bridgehead atoms. The minimum Gasteiger partial charge on any atom is -0.353 e. The molecule has 1 aliphatic rings. The van der Waals surface area contributed by atoms with Crippen molar-refractivity contribution < 1.29 is 14.3 Å². The zero-order valence-electron chi connectivity index (χ0n) is 13.7. The zero-order valence-corrected chi connectivity index (χ0v) is 13.7. The van der Waals surface area contributed by atoms with E-state index in [4.69, 9.17) is 9.47 Å². The van der Waals surface area contributed by atoms with Gasteiger partial charge in [0.25, 0.3) is 0 Å². The van der Waals surface area contributed by atoms with Crippen molar-refractivity contribution in [2.45, 2.75) is 59.2 Å². The molecule has 0 aliphatic heterocycles. The third-order valence-electron chi connectivity index (χ3n) is 4.40. The van der Waals surface area contributed by atoms with Gasteiger partial charge in [-0.1, -0.05) is 11.1 Å². The van der Waals surface area contributed by atoms with Gasteiger partial charge in [0.15, 0.2) is 11.6 Å². The topological polar surface area (TPSA) is 35.5 Å². The summed E-state index contributed by atoms with van der Waals surface area (Å²) in [5.74, 6) is -0.311. The van der Waals surface area contributed by atoms with E-state index < -0.39 is 5.79 Å². The Hall–Kier alpha value is -0.930. The first-order valence-corrected chi connectivity index (χ1v) is 7.32. The number of ether oxygens (including phenoxy) is 2. The van der Waals surface area contributed by atoms with E-state index in [1.54, 1.807) is 20.3 Å². The van der Waals surface area contributed by atoms with Gasteiger partial charge in [-0.2, -0.15) is 0 Å². The third-order valence-corrected chi connectivity index (χ3v) is 4.40. The van der Waals surface area contributed by atoms with Crippen molar-refractivity contribution in [1.29, 1.82) is 0 Å². The van der Waals surface area contributed by atoms with Gasteiger partial charge in [-0.3, -0.25) is 4.79 Å². The lowest BCUT2D eigenvalue weighted by Crippen LogP contribution is -2.39. The van der Waals surface area contributed by atoms with Crippen LogP contribution in [0.4, 0.5) is 0 Å². The van der Waals surface area contributed by atoms with E-state index in [0.717, 1.165) is 36.0 Å². The Labute approximate surface area is 123 Å². The molecule has 114 valence electrons. The first kappa shape index (κ1) is 17.1. The summed E-state index contributed by atoms with van der Waals surface area (Å²) in [4.78, 5) is 12.4. The van der Waals surface area contributed by atoms with Crippen LogP contribution in [0.5, 0.6) is 0 Å². The number of allylic oxidation sites excluding steroid dienone is 4. The maximum absolute atomic E-state index is 12.4. The van der Waals surface area contributed by atoms with E-state index in [1.807, 2.05) is 27.7 Å². The van der Waals surface area contributed by atoms with E-state index in [1.165, 1.54) is 0 Å². The molecular formula is C17H28O3. The fourth-order valence-electron chi connectivity index (χ4n) is 2.77. The molecule has 0 saturated carbocycles. The molecular weight excluding hydrogens is 252 g/mol. The summed E-state index contributed by atoms with van der Waals surface area (Å²) in [6.45, 7) is 8.00. The normalized spacial score (nSPS) is 24.5. The van der Waals surface area contributed by atoms with Gasteiger partial charge in [-0.25, -0.2) is 0 Å². The monoisotopic (exact) mass is 280 g/mol. The summed E-state index contributed by atoms with van der Waals surface area (Å²) in [6, 6.07) is 0. The quantitative estimate of drug-likeness (QED) is 0.578. The van der Waals surface area contributed by atoms with Crippen LogP contribution in [-0.2, 0) is 14.3 Å². The SMILES string of the molecule is COC(C)(OC)C1CCC/C(C)=C\C(=O)C(=C(C)C)C1. The van der Waals surface area contributed by atoms with Gasteiger partial charge in [0.05, 0.1) is 0 Å². The summed E-state index contributed by atoms with van der Waals surface area (Å²) in [5, 5.41) is 0. The lowest BCUT2D eigenvalue weighted by molar-refractivity contribution is -0.228. The molecule has 0 N–H and O–H groups in total. The summed E-state index contributed by atoms with van der Waals surface area (Å²) in [7, 11) is 3.34. The van der Waals surface area contributed by atoms with Crippen molar-refractivity contribution in [3.63, 3.8) is 0 Å². The van der Waals surface area contributed by atoms with E-state index in [-0.39, 0.29) is 11.7 Å². The van der Waals surface area contributed by atoms with Gasteiger partial charge in [0.1, 0.15) is 0 Å². The fraction of sp³-hybridized carbons (Fsp3) is 0.706. The second kappa shape index (κ2) is 7.19. The predicted molar refractivity (Wildman–Crippen MR) is 81.5 cm³/mol. The lowest BCUT2D eigenvalue weighted by atomic mass is 9.85. The van der Waals surface area contributed by atoms with E-state index in [2.05, 4.69) is 0 Å². The molecule has 0 aromatic heterocycles. The second-order valence-corrected chi connectivity index (χ2v) is 6.05. The van der Waals surface area contributed by atoms with Crippen molar-refractivity contribution in [3.05, 3.63) is 22.8 Å². The molecule has 0 spiro atoms. The molecule has 0 fully saturated rings. The van der Waals surface area contributed by atoms with Crippen LogP contribution in [0.3, 0.4) is 0 Å². The van der Waals surface area contributed by atoms with Crippen LogP contribution in [-0.4, -0.2) is 25.8 Å². The van der Waals surface area contributed by atoms with Crippen LogP contribution in [0.1, 0.15) is 53.4 Å². The molecule has 1 atom stereocenters. The maximum Gasteiger partial charge on any atom is 0.181 e. The molecule has 0 aromatic carbocycles. The average molecular weight is 280 g/mol. The van der Waals surface area contributed by atoms with Gasteiger partial charge < -0.3 is 9.47 Å². The average Bonchev–Trinajstić information content (AvgIpc) is 2.47. The van der Waals surface area contributed by atoms with E-state index in [0.29, 0.717) is 6.42 Å². The Kier molecular flexibility index (Phi) is 6.15. The molecule has 0 amide bonds. The number of carbonyl (C=O) groups is 1. The number of hydrogen-bond donors (Lipinski definition) is 0. The largest absolute Gasteiger partial charge is 0.353 e.